The number of para-hydroxylation sites is 1. The van der Waals surface area contributed by atoms with Crippen molar-refractivity contribution < 1.29 is 9.47 Å². The molecule has 5 atom stereocenters. The fourth-order valence-electron chi connectivity index (χ4n) is 3.67. The van der Waals surface area contributed by atoms with Gasteiger partial charge in [0, 0.05) is 5.56 Å². The van der Waals surface area contributed by atoms with Crippen LogP contribution >= 0.6 is 0 Å². The highest BCUT2D eigenvalue weighted by molar-refractivity contribution is 5.38. The lowest BCUT2D eigenvalue weighted by Gasteiger charge is -2.38. The van der Waals surface area contributed by atoms with Gasteiger partial charge in [-0.05, 0) is 44.2 Å². The van der Waals surface area contributed by atoms with Crippen LogP contribution in [0.2, 0.25) is 0 Å². The standard InChI is InChI=1S/C18H27NO2/c1-12-8-9-14(10-13(12)2)21-17-11-20-16-7-5-4-6-15(16)18(17)19-3/h4-7,12-14,17-19H,8-11H2,1-3H3. The van der Waals surface area contributed by atoms with Gasteiger partial charge in [0.05, 0.1) is 12.1 Å². The Hall–Kier alpha value is -1.06. The Labute approximate surface area is 128 Å². The van der Waals surface area contributed by atoms with Gasteiger partial charge in [0.1, 0.15) is 18.5 Å². The third kappa shape index (κ3) is 3.09. The normalized spacial score (nSPS) is 35.9. The van der Waals surface area contributed by atoms with Gasteiger partial charge < -0.3 is 14.8 Å². The number of hydrogen-bond acceptors (Lipinski definition) is 3. The minimum atomic E-state index is 0.107. The van der Waals surface area contributed by atoms with Crippen LogP contribution in [-0.4, -0.2) is 25.9 Å². The van der Waals surface area contributed by atoms with Crippen molar-refractivity contribution >= 4 is 0 Å². The maximum absolute atomic E-state index is 6.42. The largest absolute Gasteiger partial charge is 0.490 e. The lowest BCUT2D eigenvalue weighted by molar-refractivity contribution is -0.0835. The van der Waals surface area contributed by atoms with Crippen LogP contribution in [0.1, 0.15) is 44.7 Å². The molecule has 116 valence electrons. The average molecular weight is 289 g/mol. The van der Waals surface area contributed by atoms with E-state index in [1.54, 1.807) is 0 Å². The second-order valence-electron chi connectivity index (χ2n) is 6.68. The lowest BCUT2D eigenvalue weighted by atomic mass is 9.80. The zero-order valence-corrected chi connectivity index (χ0v) is 13.3. The molecular formula is C18H27NO2. The van der Waals surface area contributed by atoms with Gasteiger partial charge in [0.2, 0.25) is 0 Å². The Kier molecular flexibility index (Phi) is 4.51. The number of nitrogens with one attached hydrogen (secondary N) is 1. The van der Waals surface area contributed by atoms with Gasteiger partial charge in [-0.1, -0.05) is 32.0 Å². The van der Waals surface area contributed by atoms with E-state index in [1.807, 2.05) is 19.2 Å². The summed E-state index contributed by atoms with van der Waals surface area (Å²) >= 11 is 0. The van der Waals surface area contributed by atoms with E-state index in [4.69, 9.17) is 9.47 Å². The molecule has 1 aliphatic carbocycles. The van der Waals surface area contributed by atoms with Crippen LogP contribution < -0.4 is 10.1 Å². The van der Waals surface area contributed by atoms with Crippen LogP contribution in [0.15, 0.2) is 24.3 Å². The zero-order valence-electron chi connectivity index (χ0n) is 13.3. The third-order valence-electron chi connectivity index (χ3n) is 5.26. The first-order valence-electron chi connectivity index (χ1n) is 8.23. The molecule has 1 aromatic rings. The maximum atomic E-state index is 6.42. The molecule has 3 rings (SSSR count). The second kappa shape index (κ2) is 6.37. The minimum absolute atomic E-state index is 0.107. The number of ether oxygens (including phenoxy) is 2. The summed E-state index contributed by atoms with van der Waals surface area (Å²) in [5.74, 6) is 2.57. The predicted molar refractivity (Wildman–Crippen MR) is 84.6 cm³/mol. The summed E-state index contributed by atoms with van der Waals surface area (Å²) in [4.78, 5) is 0. The number of benzene rings is 1. The summed E-state index contributed by atoms with van der Waals surface area (Å²) in [5, 5.41) is 3.41. The Morgan fingerprint density at radius 3 is 2.71 bits per heavy atom. The molecule has 0 bridgehead atoms. The van der Waals surface area contributed by atoms with Gasteiger partial charge in [0.25, 0.3) is 0 Å². The summed E-state index contributed by atoms with van der Waals surface area (Å²) in [5.41, 5.74) is 1.22. The Morgan fingerprint density at radius 1 is 1.14 bits per heavy atom. The first-order chi connectivity index (χ1) is 10.2. The van der Waals surface area contributed by atoms with Crippen LogP contribution in [0, 0.1) is 11.8 Å². The molecule has 21 heavy (non-hydrogen) atoms. The van der Waals surface area contributed by atoms with Gasteiger partial charge in [-0.2, -0.15) is 0 Å². The monoisotopic (exact) mass is 289 g/mol. The molecule has 0 spiro atoms. The van der Waals surface area contributed by atoms with E-state index in [0.717, 1.165) is 17.6 Å². The molecule has 1 heterocycles. The number of rotatable bonds is 3. The van der Waals surface area contributed by atoms with Crippen molar-refractivity contribution in [1.82, 2.24) is 5.32 Å². The molecule has 0 radical (unpaired) electrons. The maximum Gasteiger partial charge on any atom is 0.124 e. The fourth-order valence-corrected chi connectivity index (χ4v) is 3.67. The quantitative estimate of drug-likeness (QED) is 0.923. The third-order valence-corrected chi connectivity index (χ3v) is 5.26. The second-order valence-corrected chi connectivity index (χ2v) is 6.68. The van der Waals surface area contributed by atoms with E-state index < -0.39 is 0 Å². The summed E-state index contributed by atoms with van der Waals surface area (Å²) in [7, 11) is 2.01. The first-order valence-corrected chi connectivity index (χ1v) is 8.23. The van der Waals surface area contributed by atoms with E-state index in [0.29, 0.717) is 12.7 Å². The van der Waals surface area contributed by atoms with Gasteiger partial charge in [0.15, 0.2) is 0 Å². The number of hydrogen-bond donors (Lipinski definition) is 1. The van der Waals surface area contributed by atoms with Crippen molar-refractivity contribution in [3.8, 4) is 5.75 Å². The number of likely N-dealkylation sites (N-methyl/N-ethyl adjacent to an activating group) is 1. The molecule has 3 nitrogen and oxygen atoms in total. The van der Waals surface area contributed by atoms with E-state index in [1.165, 1.54) is 24.8 Å². The van der Waals surface area contributed by atoms with Gasteiger partial charge in [-0.25, -0.2) is 0 Å². The van der Waals surface area contributed by atoms with Gasteiger partial charge >= 0.3 is 0 Å². The van der Waals surface area contributed by atoms with Gasteiger partial charge in [-0.15, -0.1) is 0 Å². The van der Waals surface area contributed by atoms with Crippen molar-refractivity contribution in [2.24, 2.45) is 11.8 Å². The van der Waals surface area contributed by atoms with E-state index in [2.05, 4.69) is 31.3 Å². The minimum Gasteiger partial charge on any atom is -0.490 e. The molecule has 3 heteroatoms. The zero-order chi connectivity index (χ0) is 14.8. The predicted octanol–water partition coefficient (Wildman–Crippen LogP) is 3.55. The molecule has 5 unspecified atom stereocenters. The van der Waals surface area contributed by atoms with Crippen molar-refractivity contribution in [3.05, 3.63) is 29.8 Å². The van der Waals surface area contributed by atoms with Crippen LogP contribution in [0.5, 0.6) is 5.75 Å². The molecule has 1 aliphatic heterocycles. The van der Waals surface area contributed by atoms with Crippen LogP contribution in [-0.2, 0) is 4.74 Å². The summed E-state index contributed by atoms with van der Waals surface area (Å²) < 4.78 is 12.3. The van der Waals surface area contributed by atoms with E-state index in [9.17, 15) is 0 Å². The smallest absolute Gasteiger partial charge is 0.124 e. The molecule has 1 fully saturated rings. The molecule has 0 saturated heterocycles. The number of fused-ring (bicyclic) bond motifs is 1. The summed E-state index contributed by atoms with van der Waals surface area (Å²) in [6, 6.07) is 8.50. The molecule has 1 aromatic carbocycles. The highest BCUT2D eigenvalue weighted by atomic mass is 16.5. The van der Waals surface area contributed by atoms with Crippen molar-refractivity contribution in [3.63, 3.8) is 0 Å². The van der Waals surface area contributed by atoms with Crippen LogP contribution in [0.3, 0.4) is 0 Å². The first kappa shape index (κ1) is 14.9. The van der Waals surface area contributed by atoms with Crippen molar-refractivity contribution in [1.29, 1.82) is 0 Å². The average Bonchev–Trinajstić information content (AvgIpc) is 2.51. The van der Waals surface area contributed by atoms with E-state index in [-0.39, 0.29) is 12.1 Å². The highest BCUT2D eigenvalue weighted by Crippen LogP contribution is 2.36. The molecule has 1 N–H and O–H groups in total. The van der Waals surface area contributed by atoms with Crippen LogP contribution in [0.4, 0.5) is 0 Å². The fraction of sp³-hybridized carbons (Fsp3) is 0.667. The topological polar surface area (TPSA) is 30.5 Å². The summed E-state index contributed by atoms with van der Waals surface area (Å²) in [6.07, 6.45) is 4.12. The molecular weight excluding hydrogens is 262 g/mol. The lowest BCUT2D eigenvalue weighted by Crippen LogP contribution is -2.43. The van der Waals surface area contributed by atoms with Gasteiger partial charge in [-0.3, -0.25) is 0 Å². The van der Waals surface area contributed by atoms with E-state index >= 15 is 0 Å². The Morgan fingerprint density at radius 2 is 1.95 bits per heavy atom. The summed E-state index contributed by atoms with van der Waals surface area (Å²) in [6.45, 7) is 5.35. The van der Waals surface area contributed by atoms with Crippen molar-refractivity contribution in [2.45, 2.75) is 51.4 Å². The molecule has 0 amide bonds. The Balaban J connectivity index is 1.69. The van der Waals surface area contributed by atoms with Crippen molar-refractivity contribution in [2.75, 3.05) is 13.7 Å². The SMILES string of the molecule is CNC1c2ccccc2OCC1OC1CCC(C)C(C)C1. The highest BCUT2D eigenvalue weighted by Gasteiger charge is 2.34. The molecule has 2 aliphatic rings. The molecule has 0 aromatic heterocycles. The van der Waals surface area contributed by atoms with Crippen LogP contribution in [0.25, 0.3) is 0 Å². The Bertz CT molecular complexity index is 476. The molecule has 1 saturated carbocycles.